The van der Waals surface area contributed by atoms with Gasteiger partial charge in [0.15, 0.2) is 0 Å². The lowest BCUT2D eigenvalue weighted by Gasteiger charge is -2.43. The first-order valence-corrected chi connectivity index (χ1v) is 12.6. The Morgan fingerprint density at radius 1 is 1.06 bits per heavy atom. The molecule has 0 fully saturated rings. The van der Waals surface area contributed by atoms with Crippen molar-refractivity contribution in [3.63, 3.8) is 0 Å². The monoisotopic (exact) mass is 453 g/mol. The normalized spacial score (nSPS) is 17.9. The number of hydrogen-bond acceptors (Lipinski definition) is 5. The Hall–Kier alpha value is -1.36. The highest BCUT2D eigenvalue weighted by Gasteiger charge is 2.46. The first-order chi connectivity index (χ1) is 14.9. The van der Waals surface area contributed by atoms with E-state index in [0.29, 0.717) is 31.8 Å². The number of carbonyl (C=O) groups is 2. The van der Waals surface area contributed by atoms with Gasteiger partial charge in [-0.25, -0.2) is 0 Å². The van der Waals surface area contributed by atoms with Crippen molar-refractivity contribution >= 4 is 11.9 Å². The van der Waals surface area contributed by atoms with Crippen LogP contribution in [0.3, 0.4) is 0 Å². The Kier molecular flexibility index (Phi) is 14.1. The van der Waals surface area contributed by atoms with E-state index in [1.807, 2.05) is 41.8 Å². The van der Waals surface area contributed by atoms with Gasteiger partial charge in [0.25, 0.3) is 0 Å². The summed E-state index contributed by atoms with van der Waals surface area (Å²) in [4.78, 5) is 27.8. The van der Waals surface area contributed by atoms with E-state index in [0.717, 1.165) is 37.8 Å². The molecular weight excluding hydrogens is 402 g/mol. The molecule has 0 aromatic rings. The van der Waals surface area contributed by atoms with E-state index in [4.69, 9.17) is 9.47 Å². The van der Waals surface area contributed by atoms with Crippen molar-refractivity contribution in [2.45, 2.75) is 106 Å². The lowest BCUT2D eigenvalue weighted by molar-refractivity contribution is -0.162. The molecule has 0 aliphatic heterocycles. The van der Waals surface area contributed by atoms with Crippen LogP contribution in [0, 0.1) is 16.7 Å². The van der Waals surface area contributed by atoms with E-state index in [9.17, 15) is 9.59 Å². The topological polar surface area (TPSA) is 55.8 Å². The second-order valence-electron chi connectivity index (χ2n) is 10.2. The van der Waals surface area contributed by atoms with E-state index in [1.54, 1.807) is 0 Å². The Balaban J connectivity index is 6.01. The molecule has 0 aromatic heterocycles. The summed E-state index contributed by atoms with van der Waals surface area (Å²) in [6, 6.07) is 0. The molecule has 0 aliphatic carbocycles. The van der Waals surface area contributed by atoms with Gasteiger partial charge in [-0.3, -0.25) is 9.59 Å². The van der Waals surface area contributed by atoms with Crippen LogP contribution in [-0.2, 0) is 19.1 Å². The molecule has 0 bridgehead atoms. The molecule has 0 rings (SSSR count). The van der Waals surface area contributed by atoms with E-state index >= 15 is 0 Å². The molecule has 0 N–H and O–H groups in total. The fraction of sp³-hybridized carbons (Fsp3) is 0.852. The number of hydrogen-bond donors (Lipinski definition) is 0. The van der Waals surface area contributed by atoms with Gasteiger partial charge in [-0.1, -0.05) is 47.1 Å². The molecular formula is C27H51NO4. The summed E-state index contributed by atoms with van der Waals surface area (Å²) in [6.45, 7) is 17.8. The SMILES string of the molecule is CC=C(CC(C)CC)C(OC(=O)CCCN(C)C)C(C)(CC)CC(C)(CC)C(=O)OCC. The van der Waals surface area contributed by atoms with Crippen LogP contribution in [0.2, 0.25) is 0 Å². The molecule has 0 amide bonds. The molecule has 188 valence electrons. The van der Waals surface area contributed by atoms with Crippen molar-refractivity contribution in [2.75, 3.05) is 27.2 Å². The fourth-order valence-electron chi connectivity index (χ4n) is 4.26. The van der Waals surface area contributed by atoms with Gasteiger partial charge >= 0.3 is 11.9 Å². The Labute approximate surface area is 198 Å². The minimum Gasteiger partial charge on any atom is -0.466 e. The summed E-state index contributed by atoms with van der Waals surface area (Å²) in [5.41, 5.74) is 0.169. The van der Waals surface area contributed by atoms with Crippen molar-refractivity contribution in [3.8, 4) is 0 Å². The van der Waals surface area contributed by atoms with Crippen LogP contribution >= 0.6 is 0 Å². The third-order valence-corrected chi connectivity index (χ3v) is 7.01. The molecule has 4 unspecified atom stereocenters. The van der Waals surface area contributed by atoms with E-state index in [2.05, 4.69) is 38.7 Å². The van der Waals surface area contributed by atoms with Gasteiger partial charge in [0, 0.05) is 11.8 Å². The first-order valence-electron chi connectivity index (χ1n) is 12.6. The fourth-order valence-corrected chi connectivity index (χ4v) is 4.26. The van der Waals surface area contributed by atoms with Crippen LogP contribution in [0.1, 0.15) is 100 Å². The predicted octanol–water partition coefficient (Wildman–Crippen LogP) is 6.41. The molecule has 32 heavy (non-hydrogen) atoms. The molecule has 0 aromatic carbocycles. The van der Waals surface area contributed by atoms with Crippen molar-refractivity contribution in [1.29, 1.82) is 0 Å². The van der Waals surface area contributed by atoms with Gasteiger partial charge in [-0.2, -0.15) is 0 Å². The standard InChI is InChI=1S/C27H51NO4/c1-11-21(6)19-22(12-2)24(32-23(29)17-16-18-28(9)10)26(7,13-3)20-27(8,14-4)25(30)31-15-5/h12,21,24H,11,13-20H2,1-10H3. The van der Waals surface area contributed by atoms with Crippen LogP contribution in [0.15, 0.2) is 11.6 Å². The van der Waals surface area contributed by atoms with Gasteiger partial charge in [-0.15, -0.1) is 0 Å². The maximum atomic E-state index is 12.9. The van der Waals surface area contributed by atoms with E-state index in [-0.39, 0.29) is 23.5 Å². The second kappa shape index (κ2) is 14.7. The zero-order valence-electron chi connectivity index (χ0n) is 22.7. The summed E-state index contributed by atoms with van der Waals surface area (Å²) in [5.74, 6) is 0.177. The zero-order chi connectivity index (χ0) is 24.9. The third kappa shape index (κ3) is 9.64. The first kappa shape index (κ1) is 30.6. The number of carbonyl (C=O) groups excluding carboxylic acids is 2. The van der Waals surface area contributed by atoms with Crippen LogP contribution in [-0.4, -0.2) is 50.2 Å². The van der Waals surface area contributed by atoms with Gasteiger partial charge in [0.05, 0.1) is 12.0 Å². The van der Waals surface area contributed by atoms with E-state index < -0.39 is 5.41 Å². The average Bonchev–Trinajstić information content (AvgIpc) is 2.75. The highest BCUT2D eigenvalue weighted by Crippen LogP contribution is 2.46. The van der Waals surface area contributed by atoms with Crippen LogP contribution in [0.5, 0.6) is 0 Å². The molecule has 0 aliphatic rings. The van der Waals surface area contributed by atoms with E-state index in [1.165, 1.54) is 0 Å². The second-order valence-corrected chi connectivity index (χ2v) is 10.2. The third-order valence-electron chi connectivity index (χ3n) is 7.01. The highest BCUT2D eigenvalue weighted by atomic mass is 16.5. The summed E-state index contributed by atoms with van der Waals surface area (Å²) in [5, 5.41) is 0. The van der Waals surface area contributed by atoms with Crippen molar-refractivity contribution in [1.82, 2.24) is 4.90 Å². The molecule has 4 atom stereocenters. The summed E-state index contributed by atoms with van der Waals surface area (Å²) in [6.07, 6.45) is 6.99. The summed E-state index contributed by atoms with van der Waals surface area (Å²) in [7, 11) is 4.01. The molecule has 5 heteroatoms. The maximum Gasteiger partial charge on any atom is 0.311 e. The molecule has 0 saturated carbocycles. The molecule has 0 radical (unpaired) electrons. The maximum absolute atomic E-state index is 12.9. The Bertz CT molecular complexity index is 600. The minimum absolute atomic E-state index is 0.158. The number of allylic oxidation sites excluding steroid dienone is 1. The van der Waals surface area contributed by atoms with Crippen LogP contribution in [0.25, 0.3) is 0 Å². The zero-order valence-corrected chi connectivity index (χ0v) is 22.7. The largest absolute Gasteiger partial charge is 0.466 e. The molecule has 0 spiro atoms. The minimum atomic E-state index is -0.619. The lowest BCUT2D eigenvalue weighted by Crippen LogP contribution is -2.44. The number of ether oxygens (including phenoxy) is 2. The van der Waals surface area contributed by atoms with Crippen molar-refractivity contribution in [2.24, 2.45) is 16.7 Å². The average molecular weight is 454 g/mol. The summed E-state index contributed by atoms with van der Waals surface area (Å²) < 4.78 is 11.7. The van der Waals surface area contributed by atoms with Crippen molar-refractivity contribution < 1.29 is 19.1 Å². The quantitative estimate of drug-likeness (QED) is 0.200. The smallest absolute Gasteiger partial charge is 0.311 e. The van der Waals surface area contributed by atoms with Gasteiger partial charge in [0.2, 0.25) is 0 Å². The van der Waals surface area contributed by atoms with Crippen LogP contribution in [0.4, 0.5) is 0 Å². The predicted molar refractivity (Wildman–Crippen MR) is 134 cm³/mol. The van der Waals surface area contributed by atoms with Crippen molar-refractivity contribution in [3.05, 3.63) is 11.6 Å². The lowest BCUT2D eigenvalue weighted by atomic mass is 9.65. The van der Waals surface area contributed by atoms with Crippen LogP contribution < -0.4 is 0 Å². The number of rotatable bonds is 16. The Morgan fingerprint density at radius 2 is 1.69 bits per heavy atom. The van der Waals surface area contributed by atoms with Gasteiger partial charge in [-0.05, 0) is 85.0 Å². The number of esters is 2. The number of nitrogens with zero attached hydrogens (tertiary/aromatic N) is 1. The summed E-state index contributed by atoms with van der Waals surface area (Å²) >= 11 is 0. The van der Waals surface area contributed by atoms with Gasteiger partial charge in [0.1, 0.15) is 6.10 Å². The molecule has 0 saturated heterocycles. The van der Waals surface area contributed by atoms with Gasteiger partial charge < -0.3 is 14.4 Å². The molecule has 5 nitrogen and oxygen atoms in total. The molecule has 0 heterocycles. The highest BCUT2D eigenvalue weighted by molar-refractivity contribution is 5.76. The Morgan fingerprint density at radius 3 is 2.12 bits per heavy atom.